The predicted octanol–water partition coefficient (Wildman–Crippen LogP) is -0.354. The van der Waals surface area contributed by atoms with Gasteiger partial charge < -0.3 is 21.1 Å². The highest BCUT2D eigenvalue weighted by Gasteiger charge is 2.28. The van der Waals surface area contributed by atoms with E-state index in [9.17, 15) is 9.59 Å². The number of amides is 2. The number of primary amides is 1. The van der Waals surface area contributed by atoms with Gasteiger partial charge in [-0.1, -0.05) is 0 Å². The molecule has 3 rings (SSSR count). The number of anilines is 1. The standard InChI is InChI=1S/C14H20N4O3S/c15-13(20)12-9-1-2-17(7-10(9)22-14(12)16)8-11(19)18-3-5-21-6-4-18/h1-8,16H2,(H2,15,20). The van der Waals surface area contributed by atoms with Gasteiger partial charge in [0.25, 0.3) is 5.91 Å². The predicted molar refractivity (Wildman–Crippen MR) is 83.6 cm³/mol. The second-order valence-electron chi connectivity index (χ2n) is 5.56. The molecule has 0 spiro atoms. The van der Waals surface area contributed by atoms with E-state index >= 15 is 0 Å². The Kier molecular flexibility index (Phi) is 4.32. The summed E-state index contributed by atoms with van der Waals surface area (Å²) in [5, 5.41) is 0.485. The molecule has 1 aromatic rings. The molecule has 0 unspecified atom stereocenters. The zero-order valence-electron chi connectivity index (χ0n) is 12.3. The molecule has 7 nitrogen and oxygen atoms in total. The lowest BCUT2D eigenvalue weighted by atomic mass is 10.0. The van der Waals surface area contributed by atoms with Crippen molar-refractivity contribution in [1.29, 1.82) is 0 Å². The Morgan fingerprint density at radius 3 is 2.64 bits per heavy atom. The third-order valence-electron chi connectivity index (χ3n) is 4.13. The molecule has 120 valence electrons. The van der Waals surface area contributed by atoms with E-state index in [4.69, 9.17) is 16.2 Å². The Morgan fingerprint density at radius 1 is 1.23 bits per heavy atom. The fourth-order valence-corrected chi connectivity index (χ4v) is 4.15. The summed E-state index contributed by atoms with van der Waals surface area (Å²) in [6.07, 6.45) is 0.706. The fourth-order valence-electron chi connectivity index (χ4n) is 2.99. The molecule has 22 heavy (non-hydrogen) atoms. The Hall–Kier alpha value is -1.64. The van der Waals surface area contributed by atoms with Gasteiger partial charge in [-0.3, -0.25) is 14.5 Å². The van der Waals surface area contributed by atoms with Crippen LogP contribution in [0.25, 0.3) is 0 Å². The summed E-state index contributed by atoms with van der Waals surface area (Å²) in [6.45, 7) is 4.32. The van der Waals surface area contributed by atoms with E-state index in [1.54, 1.807) is 0 Å². The van der Waals surface area contributed by atoms with Gasteiger partial charge in [0.05, 0.1) is 30.3 Å². The molecule has 0 atom stereocenters. The fraction of sp³-hybridized carbons (Fsp3) is 0.571. The number of carbonyl (C=O) groups is 2. The van der Waals surface area contributed by atoms with Crippen molar-refractivity contribution in [3.8, 4) is 0 Å². The molecular weight excluding hydrogens is 304 g/mol. The van der Waals surface area contributed by atoms with Crippen molar-refractivity contribution in [2.45, 2.75) is 13.0 Å². The Balaban J connectivity index is 1.66. The number of morpholine rings is 1. The molecular formula is C14H20N4O3S. The number of hydrogen-bond acceptors (Lipinski definition) is 6. The van der Waals surface area contributed by atoms with E-state index in [0.29, 0.717) is 56.4 Å². The Morgan fingerprint density at radius 2 is 1.95 bits per heavy atom. The highest BCUT2D eigenvalue weighted by atomic mass is 32.1. The van der Waals surface area contributed by atoms with Crippen molar-refractivity contribution in [1.82, 2.24) is 9.80 Å². The minimum atomic E-state index is -0.465. The highest BCUT2D eigenvalue weighted by molar-refractivity contribution is 7.16. The van der Waals surface area contributed by atoms with Gasteiger partial charge in [0.1, 0.15) is 0 Å². The largest absolute Gasteiger partial charge is 0.390 e. The first-order chi connectivity index (χ1) is 10.6. The summed E-state index contributed by atoms with van der Waals surface area (Å²) in [7, 11) is 0. The van der Waals surface area contributed by atoms with Gasteiger partial charge >= 0.3 is 0 Å². The maximum absolute atomic E-state index is 12.3. The van der Waals surface area contributed by atoms with Crippen LogP contribution in [0.5, 0.6) is 0 Å². The summed E-state index contributed by atoms with van der Waals surface area (Å²) in [5.74, 6) is -0.334. The third kappa shape index (κ3) is 2.94. The molecule has 3 heterocycles. The van der Waals surface area contributed by atoms with E-state index in [-0.39, 0.29) is 5.91 Å². The second-order valence-corrected chi connectivity index (χ2v) is 6.70. The van der Waals surface area contributed by atoms with E-state index in [0.717, 1.165) is 17.0 Å². The number of nitrogens with zero attached hydrogens (tertiary/aromatic N) is 2. The first kappa shape index (κ1) is 15.3. The SMILES string of the molecule is NC(=O)c1c(N)sc2c1CCN(CC(=O)N1CCOCC1)C2. The molecule has 0 bridgehead atoms. The molecule has 0 radical (unpaired) electrons. The van der Waals surface area contributed by atoms with Gasteiger partial charge in [0.2, 0.25) is 5.91 Å². The normalized spacial score (nSPS) is 19.0. The van der Waals surface area contributed by atoms with Gasteiger partial charge in [-0.05, 0) is 12.0 Å². The van der Waals surface area contributed by atoms with Crippen LogP contribution >= 0.6 is 11.3 Å². The molecule has 2 aliphatic heterocycles. The summed E-state index contributed by atoms with van der Waals surface area (Å²) < 4.78 is 5.26. The first-order valence-corrected chi connectivity index (χ1v) is 8.15. The van der Waals surface area contributed by atoms with Crippen molar-refractivity contribution >= 4 is 28.2 Å². The number of fused-ring (bicyclic) bond motifs is 1. The lowest BCUT2D eigenvalue weighted by molar-refractivity contribution is -0.136. The van der Waals surface area contributed by atoms with E-state index < -0.39 is 5.91 Å². The van der Waals surface area contributed by atoms with Crippen LogP contribution in [0.2, 0.25) is 0 Å². The molecule has 2 amide bonds. The van der Waals surface area contributed by atoms with Crippen LogP contribution in [-0.4, -0.2) is 61.0 Å². The molecule has 0 aromatic carbocycles. The molecule has 8 heteroatoms. The third-order valence-corrected chi connectivity index (χ3v) is 5.18. The summed E-state index contributed by atoms with van der Waals surface area (Å²) in [4.78, 5) is 28.8. The van der Waals surface area contributed by atoms with Gasteiger partial charge in [-0.25, -0.2) is 0 Å². The van der Waals surface area contributed by atoms with Crippen LogP contribution in [0.3, 0.4) is 0 Å². The van der Waals surface area contributed by atoms with Crippen molar-refractivity contribution in [2.75, 3.05) is 45.1 Å². The number of carbonyl (C=O) groups excluding carboxylic acids is 2. The number of rotatable bonds is 3. The van der Waals surface area contributed by atoms with Gasteiger partial charge in [0, 0.05) is 31.1 Å². The van der Waals surface area contributed by atoms with Crippen LogP contribution in [0.15, 0.2) is 0 Å². The number of ether oxygens (including phenoxy) is 1. The Labute approximate surface area is 132 Å². The topological polar surface area (TPSA) is 102 Å². The molecule has 1 fully saturated rings. The van der Waals surface area contributed by atoms with Gasteiger partial charge in [-0.2, -0.15) is 0 Å². The summed E-state index contributed by atoms with van der Waals surface area (Å²) in [6, 6.07) is 0. The minimum Gasteiger partial charge on any atom is -0.390 e. The lowest BCUT2D eigenvalue weighted by Gasteiger charge is -2.31. The van der Waals surface area contributed by atoms with Crippen LogP contribution in [0, 0.1) is 0 Å². The Bertz CT molecular complexity index is 595. The molecule has 2 aliphatic rings. The smallest absolute Gasteiger partial charge is 0.251 e. The number of nitrogen functional groups attached to an aromatic ring is 1. The molecule has 0 aliphatic carbocycles. The zero-order valence-corrected chi connectivity index (χ0v) is 13.2. The molecule has 1 aromatic heterocycles. The summed E-state index contributed by atoms with van der Waals surface area (Å²) >= 11 is 1.40. The maximum Gasteiger partial charge on any atom is 0.251 e. The average Bonchev–Trinajstić information content (AvgIpc) is 2.83. The van der Waals surface area contributed by atoms with Gasteiger partial charge in [-0.15, -0.1) is 11.3 Å². The van der Waals surface area contributed by atoms with Crippen LogP contribution in [0.1, 0.15) is 20.8 Å². The van der Waals surface area contributed by atoms with Crippen molar-refractivity contribution in [3.05, 3.63) is 16.0 Å². The van der Waals surface area contributed by atoms with E-state index in [1.807, 2.05) is 4.90 Å². The monoisotopic (exact) mass is 324 g/mol. The molecule has 0 saturated carbocycles. The number of thiophene rings is 1. The van der Waals surface area contributed by atoms with E-state index in [1.165, 1.54) is 11.3 Å². The summed E-state index contributed by atoms with van der Waals surface area (Å²) in [5.41, 5.74) is 12.7. The number of hydrogen-bond donors (Lipinski definition) is 2. The highest BCUT2D eigenvalue weighted by Crippen LogP contribution is 2.34. The van der Waals surface area contributed by atoms with Crippen LogP contribution in [0.4, 0.5) is 5.00 Å². The molecule has 4 N–H and O–H groups in total. The lowest BCUT2D eigenvalue weighted by Crippen LogP contribution is -2.46. The number of nitrogens with two attached hydrogens (primary N) is 2. The average molecular weight is 324 g/mol. The minimum absolute atomic E-state index is 0.131. The maximum atomic E-state index is 12.3. The van der Waals surface area contributed by atoms with Crippen molar-refractivity contribution in [2.24, 2.45) is 5.73 Å². The first-order valence-electron chi connectivity index (χ1n) is 7.34. The van der Waals surface area contributed by atoms with Gasteiger partial charge in [0.15, 0.2) is 0 Å². The van der Waals surface area contributed by atoms with Crippen molar-refractivity contribution in [3.63, 3.8) is 0 Å². The zero-order chi connectivity index (χ0) is 15.7. The second kappa shape index (κ2) is 6.23. The van der Waals surface area contributed by atoms with Crippen LogP contribution < -0.4 is 11.5 Å². The quantitative estimate of drug-likeness (QED) is 0.791. The molecule has 1 saturated heterocycles. The van der Waals surface area contributed by atoms with Crippen LogP contribution in [-0.2, 0) is 22.5 Å². The van der Waals surface area contributed by atoms with E-state index in [2.05, 4.69) is 4.90 Å². The van der Waals surface area contributed by atoms with Crippen molar-refractivity contribution < 1.29 is 14.3 Å².